The second-order valence-electron chi connectivity index (χ2n) is 9.01. The van der Waals surface area contributed by atoms with Crippen molar-refractivity contribution in [2.75, 3.05) is 7.11 Å². The second-order valence-corrected chi connectivity index (χ2v) is 11.5. The van der Waals surface area contributed by atoms with Gasteiger partial charge in [0, 0.05) is 5.56 Å². The Morgan fingerprint density at radius 2 is 1.74 bits per heavy atom. The summed E-state index contributed by atoms with van der Waals surface area (Å²) in [5.41, 5.74) is 9.51. The van der Waals surface area contributed by atoms with E-state index in [1.807, 2.05) is 25.1 Å². The average Bonchev–Trinajstić information content (AvgIpc) is 3.13. The van der Waals surface area contributed by atoms with E-state index in [-0.39, 0.29) is 4.32 Å². The molecular weight excluding hydrogens is 584 g/mol. The van der Waals surface area contributed by atoms with Crippen molar-refractivity contribution in [3.05, 3.63) is 96.9 Å². The lowest BCUT2D eigenvalue weighted by Crippen LogP contribution is -2.44. The molecule has 1 aliphatic heterocycles. The number of aryl methyl sites for hydroxylation is 4. The minimum absolute atomic E-state index is 0.247. The van der Waals surface area contributed by atoms with E-state index in [0.717, 1.165) is 33.5 Å². The largest absolute Gasteiger partial charge is 0.493 e. The van der Waals surface area contributed by atoms with Crippen LogP contribution in [0.25, 0.3) is 6.08 Å². The number of hydrogen-bond acceptors (Lipinski definition) is 6. The van der Waals surface area contributed by atoms with E-state index in [2.05, 4.69) is 54.3 Å². The van der Waals surface area contributed by atoms with Crippen molar-refractivity contribution >= 4 is 62.1 Å². The third-order valence-electron chi connectivity index (χ3n) is 6.19. The molecule has 1 saturated heterocycles. The minimum Gasteiger partial charge on any atom is -0.493 e. The first kappa shape index (κ1) is 27.9. The number of hydrazine groups is 1. The van der Waals surface area contributed by atoms with E-state index in [9.17, 15) is 9.59 Å². The molecule has 196 valence electrons. The maximum atomic E-state index is 13.1. The van der Waals surface area contributed by atoms with Gasteiger partial charge in [-0.3, -0.25) is 15.0 Å². The van der Waals surface area contributed by atoms with E-state index in [0.29, 0.717) is 38.6 Å². The highest BCUT2D eigenvalue weighted by Crippen LogP contribution is 2.39. The van der Waals surface area contributed by atoms with Gasteiger partial charge in [0.15, 0.2) is 15.8 Å². The molecule has 0 bridgehead atoms. The molecule has 3 aromatic rings. The Morgan fingerprint density at radius 3 is 2.42 bits per heavy atom. The molecule has 2 amide bonds. The molecule has 1 heterocycles. The number of nitrogens with zero attached hydrogens (tertiary/aromatic N) is 1. The standard InChI is InChI=1S/C29H27BrN2O4S2/c1-16-6-8-21(9-7-16)27(33)31-32-28(34)25(38-29(32)37)14-20-12-23(30)26(24(13-20)35-5)36-15-22-11-18(3)17(2)10-19(22)4/h6-14H,15H2,1-5H3,(H,31,33)/b25-14+. The van der Waals surface area contributed by atoms with Crippen LogP contribution in [0.1, 0.15) is 43.7 Å². The molecule has 9 heteroatoms. The van der Waals surface area contributed by atoms with E-state index in [1.165, 1.54) is 11.1 Å². The molecular formula is C29H27BrN2O4S2. The van der Waals surface area contributed by atoms with Crippen molar-refractivity contribution in [2.45, 2.75) is 34.3 Å². The molecule has 1 aliphatic rings. The van der Waals surface area contributed by atoms with Gasteiger partial charge >= 0.3 is 0 Å². The highest BCUT2D eigenvalue weighted by molar-refractivity contribution is 9.10. The molecule has 0 unspecified atom stereocenters. The third-order valence-corrected chi connectivity index (χ3v) is 8.09. The van der Waals surface area contributed by atoms with Gasteiger partial charge in [-0.25, -0.2) is 0 Å². The fourth-order valence-corrected chi connectivity index (χ4v) is 5.63. The summed E-state index contributed by atoms with van der Waals surface area (Å²) in [4.78, 5) is 26.1. The van der Waals surface area contributed by atoms with Gasteiger partial charge in [0.2, 0.25) is 0 Å². The minimum atomic E-state index is -0.410. The predicted molar refractivity (Wildman–Crippen MR) is 159 cm³/mol. The summed E-state index contributed by atoms with van der Waals surface area (Å²) in [6.07, 6.45) is 1.71. The maximum absolute atomic E-state index is 13.1. The second kappa shape index (κ2) is 11.7. The fraction of sp³-hybridized carbons (Fsp3) is 0.207. The summed E-state index contributed by atoms with van der Waals surface area (Å²) >= 11 is 10.1. The van der Waals surface area contributed by atoms with Crippen LogP contribution in [-0.2, 0) is 11.4 Å². The lowest BCUT2D eigenvalue weighted by molar-refractivity contribution is -0.123. The van der Waals surface area contributed by atoms with Crippen LogP contribution >= 0.6 is 39.9 Å². The molecule has 1 N–H and O–H groups in total. The fourth-order valence-electron chi connectivity index (χ4n) is 3.88. The number of carbonyl (C=O) groups excluding carboxylic acids is 2. The number of nitrogens with one attached hydrogen (secondary N) is 1. The molecule has 0 radical (unpaired) electrons. The van der Waals surface area contributed by atoms with Crippen LogP contribution in [0.2, 0.25) is 0 Å². The van der Waals surface area contributed by atoms with Gasteiger partial charge in [0.1, 0.15) is 6.61 Å². The first-order chi connectivity index (χ1) is 18.1. The molecule has 0 atom stereocenters. The summed E-state index contributed by atoms with van der Waals surface area (Å²) in [7, 11) is 1.57. The number of methoxy groups -OCH3 is 1. The normalized spacial score (nSPS) is 14.3. The number of rotatable bonds is 7. The van der Waals surface area contributed by atoms with Crippen molar-refractivity contribution in [2.24, 2.45) is 0 Å². The SMILES string of the molecule is COc1cc(/C=C2/SC(=S)N(NC(=O)c3ccc(C)cc3)C2=O)cc(Br)c1OCc1cc(C)c(C)cc1C. The van der Waals surface area contributed by atoms with Crippen LogP contribution < -0.4 is 14.9 Å². The zero-order chi connectivity index (χ0) is 27.6. The van der Waals surface area contributed by atoms with Crippen molar-refractivity contribution in [3.8, 4) is 11.5 Å². The maximum Gasteiger partial charge on any atom is 0.285 e. The zero-order valence-electron chi connectivity index (χ0n) is 21.7. The van der Waals surface area contributed by atoms with Gasteiger partial charge in [0.05, 0.1) is 16.5 Å². The first-order valence-electron chi connectivity index (χ1n) is 11.8. The van der Waals surface area contributed by atoms with E-state index in [1.54, 1.807) is 31.4 Å². The third kappa shape index (κ3) is 6.11. The van der Waals surface area contributed by atoms with Gasteiger partial charge in [-0.2, -0.15) is 5.01 Å². The molecule has 38 heavy (non-hydrogen) atoms. The van der Waals surface area contributed by atoms with Crippen LogP contribution in [-0.4, -0.2) is 28.3 Å². The molecule has 0 aliphatic carbocycles. The van der Waals surface area contributed by atoms with Crippen LogP contribution in [0.15, 0.2) is 57.9 Å². The Balaban J connectivity index is 1.52. The Bertz CT molecular complexity index is 1470. The molecule has 6 nitrogen and oxygen atoms in total. The molecule has 3 aromatic carbocycles. The smallest absolute Gasteiger partial charge is 0.285 e. The van der Waals surface area contributed by atoms with E-state index >= 15 is 0 Å². The number of hydrogen-bond donors (Lipinski definition) is 1. The topological polar surface area (TPSA) is 67.9 Å². The summed E-state index contributed by atoms with van der Waals surface area (Å²) in [5.74, 6) is 0.281. The number of ether oxygens (including phenoxy) is 2. The predicted octanol–water partition coefficient (Wildman–Crippen LogP) is 6.82. The number of benzene rings is 3. The van der Waals surface area contributed by atoms with Crippen LogP contribution in [0.5, 0.6) is 11.5 Å². The molecule has 0 spiro atoms. The van der Waals surface area contributed by atoms with Gasteiger partial charge in [-0.05, 0) is 114 Å². The van der Waals surface area contributed by atoms with Crippen LogP contribution in [0.3, 0.4) is 0 Å². The molecule has 4 rings (SSSR count). The lowest BCUT2D eigenvalue weighted by Gasteiger charge is -2.16. The van der Waals surface area contributed by atoms with Crippen LogP contribution in [0.4, 0.5) is 0 Å². The summed E-state index contributed by atoms with van der Waals surface area (Å²) in [5, 5.41) is 1.10. The summed E-state index contributed by atoms with van der Waals surface area (Å²) < 4.78 is 12.7. The Morgan fingerprint density at radius 1 is 1.05 bits per heavy atom. The number of amides is 2. The summed E-state index contributed by atoms with van der Waals surface area (Å²) in [6, 6.07) is 15.0. The number of carbonyl (C=O) groups is 2. The highest BCUT2D eigenvalue weighted by atomic mass is 79.9. The van der Waals surface area contributed by atoms with Gasteiger partial charge in [0.25, 0.3) is 11.8 Å². The Hall–Kier alpha value is -3.14. The van der Waals surface area contributed by atoms with Crippen molar-refractivity contribution in [1.82, 2.24) is 10.4 Å². The van der Waals surface area contributed by atoms with Gasteiger partial charge < -0.3 is 9.47 Å². The van der Waals surface area contributed by atoms with E-state index in [4.69, 9.17) is 21.7 Å². The highest BCUT2D eigenvalue weighted by Gasteiger charge is 2.34. The Labute approximate surface area is 240 Å². The van der Waals surface area contributed by atoms with Crippen molar-refractivity contribution in [1.29, 1.82) is 0 Å². The zero-order valence-corrected chi connectivity index (χ0v) is 24.9. The molecule has 0 saturated carbocycles. The number of halogens is 1. The molecule has 1 fully saturated rings. The Kier molecular flexibility index (Phi) is 8.60. The van der Waals surface area contributed by atoms with Crippen molar-refractivity contribution < 1.29 is 19.1 Å². The monoisotopic (exact) mass is 610 g/mol. The van der Waals surface area contributed by atoms with Gasteiger partial charge in [-0.15, -0.1) is 0 Å². The lowest BCUT2D eigenvalue weighted by atomic mass is 10.0. The number of thioether (sulfide) groups is 1. The molecule has 0 aromatic heterocycles. The van der Waals surface area contributed by atoms with E-state index < -0.39 is 11.8 Å². The quantitative estimate of drug-likeness (QED) is 0.234. The summed E-state index contributed by atoms with van der Waals surface area (Å²) in [6.45, 7) is 8.57. The van der Waals surface area contributed by atoms with Crippen LogP contribution in [0, 0.1) is 27.7 Å². The van der Waals surface area contributed by atoms with Gasteiger partial charge in [-0.1, -0.05) is 41.6 Å². The van der Waals surface area contributed by atoms with Crippen molar-refractivity contribution in [3.63, 3.8) is 0 Å². The first-order valence-corrected chi connectivity index (χ1v) is 13.8. The average molecular weight is 612 g/mol. The number of thiocarbonyl (C=S) groups is 1.